The Morgan fingerprint density at radius 1 is 1.21 bits per heavy atom. The number of nitrogens with zero attached hydrogens (tertiary/aromatic N) is 3. The fourth-order valence-corrected chi connectivity index (χ4v) is 3.96. The van der Waals surface area contributed by atoms with Gasteiger partial charge in [-0.05, 0) is 42.3 Å². The zero-order chi connectivity index (χ0) is 20.4. The van der Waals surface area contributed by atoms with Crippen molar-refractivity contribution in [1.82, 2.24) is 14.8 Å². The third kappa shape index (κ3) is 4.22. The van der Waals surface area contributed by atoms with Crippen LogP contribution in [-0.4, -0.2) is 20.7 Å². The van der Waals surface area contributed by atoms with Gasteiger partial charge < -0.3 is 9.73 Å². The Morgan fingerprint density at radius 3 is 2.90 bits per heavy atom. The molecule has 4 rings (SSSR count). The maximum absolute atomic E-state index is 11.9. The van der Waals surface area contributed by atoms with E-state index < -0.39 is 0 Å². The van der Waals surface area contributed by atoms with Gasteiger partial charge in [0.2, 0.25) is 5.91 Å². The van der Waals surface area contributed by atoms with E-state index in [4.69, 9.17) is 4.42 Å². The first-order chi connectivity index (χ1) is 14.0. The van der Waals surface area contributed by atoms with Crippen molar-refractivity contribution in [3.63, 3.8) is 0 Å². The van der Waals surface area contributed by atoms with Crippen LogP contribution in [0.2, 0.25) is 0 Å². The Balaban J connectivity index is 1.62. The molecule has 7 nitrogen and oxygen atoms in total. The number of anilines is 1. The third-order valence-electron chi connectivity index (χ3n) is 4.30. The SMILES string of the molecule is CC(=O)Nc1cccc(-n2cnnc2SCc2cc(=O)oc3cc(C)ccc23)c1. The summed E-state index contributed by atoms with van der Waals surface area (Å²) in [6, 6.07) is 14.8. The fraction of sp³-hybridized carbons (Fsp3) is 0.143. The molecular formula is C21H18N4O3S. The largest absolute Gasteiger partial charge is 0.423 e. The molecule has 0 aliphatic heterocycles. The summed E-state index contributed by atoms with van der Waals surface area (Å²) in [5, 5.41) is 12.6. The van der Waals surface area contributed by atoms with Crippen LogP contribution in [0.15, 0.2) is 69.2 Å². The minimum atomic E-state index is -0.372. The minimum Gasteiger partial charge on any atom is -0.423 e. The first-order valence-electron chi connectivity index (χ1n) is 8.94. The second kappa shape index (κ2) is 7.92. The van der Waals surface area contributed by atoms with Gasteiger partial charge in [-0.1, -0.05) is 30.0 Å². The maximum atomic E-state index is 11.9. The number of hydrogen-bond donors (Lipinski definition) is 1. The second-order valence-corrected chi connectivity index (χ2v) is 7.54. The van der Waals surface area contributed by atoms with E-state index in [0.29, 0.717) is 22.2 Å². The average Bonchev–Trinajstić information content (AvgIpc) is 3.14. The van der Waals surface area contributed by atoms with E-state index in [1.54, 1.807) is 6.33 Å². The monoisotopic (exact) mass is 406 g/mol. The van der Waals surface area contributed by atoms with Crippen molar-refractivity contribution in [2.75, 3.05) is 5.32 Å². The highest BCUT2D eigenvalue weighted by Crippen LogP contribution is 2.27. The molecular weight excluding hydrogens is 388 g/mol. The molecule has 0 radical (unpaired) electrons. The first kappa shape index (κ1) is 18.9. The van der Waals surface area contributed by atoms with Gasteiger partial charge in [-0.2, -0.15) is 0 Å². The molecule has 0 bridgehead atoms. The van der Waals surface area contributed by atoms with Gasteiger partial charge >= 0.3 is 5.63 Å². The Hall–Kier alpha value is -3.39. The molecule has 2 aromatic heterocycles. The molecule has 0 aliphatic carbocycles. The molecule has 1 amide bonds. The second-order valence-electron chi connectivity index (χ2n) is 6.59. The number of amides is 1. The van der Waals surface area contributed by atoms with Crippen molar-refractivity contribution in [3.05, 3.63) is 76.4 Å². The van der Waals surface area contributed by atoms with Gasteiger partial charge in [0.05, 0.1) is 5.69 Å². The molecule has 2 heterocycles. The minimum absolute atomic E-state index is 0.134. The molecule has 0 unspecified atom stereocenters. The number of carbonyl (C=O) groups excluding carboxylic acids is 1. The van der Waals surface area contributed by atoms with Crippen LogP contribution in [0.4, 0.5) is 5.69 Å². The van der Waals surface area contributed by atoms with E-state index in [1.165, 1.54) is 24.8 Å². The van der Waals surface area contributed by atoms with Gasteiger partial charge in [-0.3, -0.25) is 9.36 Å². The topological polar surface area (TPSA) is 90.0 Å². The Kier molecular flexibility index (Phi) is 5.18. The molecule has 0 spiro atoms. The van der Waals surface area contributed by atoms with Gasteiger partial charge in [-0.15, -0.1) is 10.2 Å². The lowest BCUT2D eigenvalue weighted by molar-refractivity contribution is -0.114. The summed E-state index contributed by atoms with van der Waals surface area (Å²) in [5.41, 5.74) is 3.64. The van der Waals surface area contributed by atoms with Crippen LogP contribution in [0.1, 0.15) is 18.1 Å². The first-order valence-corrected chi connectivity index (χ1v) is 9.92. The number of hydrogen-bond acceptors (Lipinski definition) is 6. The lowest BCUT2D eigenvalue weighted by Crippen LogP contribution is -2.06. The van der Waals surface area contributed by atoms with Crippen LogP contribution in [0.25, 0.3) is 16.7 Å². The van der Waals surface area contributed by atoms with Crippen LogP contribution in [0.3, 0.4) is 0 Å². The summed E-state index contributed by atoms with van der Waals surface area (Å²) in [4.78, 5) is 23.3. The van der Waals surface area contributed by atoms with Crippen LogP contribution < -0.4 is 10.9 Å². The number of rotatable bonds is 5. The van der Waals surface area contributed by atoms with E-state index in [0.717, 1.165) is 22.2 Å². The smallest absolute Gasteiger partial charge is 0.336 e. The summed E-state index contributed by atoms with van der Waals surface area (Å²) in [7, 11) is 0. The normalized spacial score (nSPS) is 11.0. The van der Waals surface area contributed by atoms with Crippen molar-refractivity contribution < 1.29 is 9.21 Å². The zero-order valence-corrected chi connectivity index (χ0v) is 16.7. The summed E-state index contributed by atoms with van der Waals surface area (Å²) < 4.78 is 7.17. The molecule has 2 aromatic carbocycles. The molecule has 29 heavy (non-hydrogen) atoms. The van der Waals surface area contributed by atoms with Crippen molar-refractivity contribution in [2.24, 2.45) is 0 Å². The van der Waals surface area contributed by atoms with Crippen LogP contribution >= 0.6 is 11.8 Å². The highest BCUT2D eigenvalue weighted by molar-refractivity contribution is 7.98. The van der Waals surface area contributed by atoms with Crippen molar-refractivity contribution in [2.45, 2.75) is 24.8 Å². The van der Waals surface area contributed by atoms with E-state index >= 15 is 0 Å². The fourth-order valence-electron chi connectivity index (χ4n) is 3.04. The van der Waals surface area contributed by atoms with Crippen LogP contribution in [-0.2, 0) is 10.5 Å². The number of nitrogens with one attached hydrogen (secondary N) is 1. The third-order valence-corrected chi connectivity index (χ3v) is 5.30. The van der Waals surface area contributed by atoms with E-state index in [-0.39, 0.29) is 11.5 Å². The van der Waals surface area contributed by atoms with Gasteiger partial charge in [0.15, 0.2) is 5.16 Å². The predicted octanol–water partition coefficient (Wildman–Crippen LogP) is 3.93. The molecule has 8 heteroatoms. The Morgan fingerprint density at radius 2 is 2.07 bits per heavy atom. The molecule has 0 aliphatic rings. The number of thioether (sulfide) groups is 1. The van der Waals surface area contributed by atoms with Gasteiger partial charge in [0, 0.05) is 29.8 Å². The molecule has 4 aromatic rings. The van der Waals surface area contributed by atoms with Crippen molar-refractivity contribution in [3.8, 4) is 5.69 Å². The van der Waals surface area contributed by atoms with E-state index in [9.17, 15) is 9.59 Å². The Labute approximate surface area is 170 Å². The molecule has 0 saturated carbocycles. The predicted molar refractivity (Wildman–Crippen MR) is 112 cm³/mol. The van der Waals surface area contributed by atoms with Gasteiger partial charge in [0.25, 0.3) is 0 Å². The van der Waals surface area contributed by atoms with Crippen LogP contribution in [0.5, 0.6) is 0 Å². The lowest BCUT2D eigenvalue weighted by Gasteiger charge is -2.09. The van der Waals surface area contributed by atoms with Crippen molar-refractivity contribution >= 4 is 34.3 Å². The quantitative estimate of drug-likeness (QED) is 0.399. The highest BCUT2D eigenvalue weighted by Gasteiger charge is 2.11. The van der Waals surface area contributed by atoms with Crippen molar-refractivity contribution in [1.29, 1.82) is 0 Å². The lowest BCUT2D eigenvalue weighted by atomic mass is 10.1. The number of carbonyl (C=O) groups is 1. The van der Waals surface area contributed by atoms with Gasteiger partial charge in [-0.25, -0.2) is 4.79 Å². The highest BCUT2D eigenvalue weighted by atomic mass is 32.2. The number of benzene rings is 2. The standard InChI is InChI=1S/C21H18N4O3S/c1-13-6-7-18-15(9-20(27)28-19(18)8-13)11-29-21-24-22-12-25(21)17-5-3-4-16(10-17)23-14(2)26/h3-10,12H,11H2,1-2H3,(H,23,26). The molecule has 0 fully saturated rings. The molecule has 146 valence electrons. The summed E-state index contributed by atoms with van der Waals surface area (Å²) >= 11 is 1.47. The number of aryl methyl sites for hydroxylation is 1. The molecule has 1 N–H and O–H groups in total. The Bertz CT molecular complexity index is 1260. The summed E-state index contributed by atoms with van der Waals surface area (Å²) in [6.07, 6.45) is 1.62. The number of fused-ring (bicyclic) bond motifs is 1. The zero-order valence-electron chi connectivity index (χ0n) is 15.9. The number of aromatic nitrogens is 3. The van der Waals surface area contributed by atoms with E-state index in [1.807, 2.05) is 54.0 Å². The van der Waals surface area contributed by atoms with Crippen LogP contribution in [0, 0.1) is 6.92 Å². The summed E-state index contributed by atoms with van der Waals surface area (Å²) in [6.45, 7) is 3.42. The van der Waals surface area contributed by atoms with Gasteiger partial charge in [0.1, 0.15) is 11.9 Å². The average molecular weight is 406 g/mol. The van der Waals surface area contributed by atoms with E-state index in [2.05, 4.69) is 15.5 Å². The maximum Gasteiger partial charge on any atom is 0.336 e. The molecule has 0 saturated heterocycles. The molecule has 0 atom stereocenters. The summed E-state index contributed by atoms with van der Waals surface area (Å²) in [5.74, 6) is 0.403.